The van der Waals surface area contributed by atoms with E-state index in [2.05, 4.69) is 18.7 Å². The lowest BCUT2D eigenvalue weighted by Crippen LogP contribution is -2.40. The monoisotopic (exact) mass is 215 g/mol. The summed E-state index contributed by atoms with van der Waals surface area (Å²) in [6.07, 6.45) is 2.97. The Labute approximate surface area is 93.1 Å². The van der Waals surface area contributed by atoms with Gasteiger partial charge in [-0.1, -0.05) is 13.8 Å². The molecule has 0 saturated heterocycles. The van der Waals surface area contributed by atoms with E-state index in [-0.39, 0.29) is 12.7 Å². The first-order valence-corrected chi connectivity index (χ1v) is 5.92. The Morgan fingerprint density at radius 3 is 2.67 bits per heavy atom. The van der Waals surface area contributed by atoms with Gasteiger partial charge in [-0.15, -0.1) is 0 Å². The highest BCUT2D eigenvalue weighted by Crippen LogP contribution is 2.38. The first-order valence-electron chi connectivity index (χ1n) is 5.92. The van der Waals surface area contributed by atoms with E-state index < -0.39 is 0 Å². The molecule has 15 heavy (non-hydrogen) atoms. The quantitative estimate of drug-likeness (QED) is 0.738. The average Bonchev–Trinajstić information content (AvgIpc) is 2.11. The molecule has 0 radical (unpaired) electrons. The van der Waals surface area contributed by atoms with Crippen molar-refractivity contribution in [3.05, 3.63) is 0 Å². The molecule has 1 aliphatic rings. The molecule has 0 amide bonds. The van der Waals surface area contributed by atoms with Crippen molar-refractivity contribution in [3.63, 3.8) is 0 Å². The standard InChI is InChI=1S/C12H25NO2/c1-12(2)5-4-11(15)10(8-12)9-13(3)6-7-14/h10-11,14-15H,4-9H2,1-3H3. The van der Waals surface area contributed by atoms with Gasteiger partial charge in [-0.05, 0) is 37.6 Å². The SMILES string of the molecule is CN(CCO)CC1CC(C)(C)CCC1O. The molecule has 1 aliphatic carbocycles. The minimum absolute atomic E-state index is 0.154. The minimum Gasteiger partial charge on any atom is -0.395 e. The summed E-state index contributed by atoms with van der Waals surface area (Å²) >= 11 is 0. The molecular formula is C12H25NO2. The largest absolute Gasteiger partial charge is 0.395 e. The second kappa shape index (κ2) is 5.28. The summed E-state index contributed by atoms with van der Waals surface area (Å²) in [6, 6.07) is 0. The van der Waals surface area contributed by atoms with Crippen LogP contribution < -0.4 is 0 Å². The first kappa shape index (κ1) is 12.9. The topological polar surface area (TPSA) is 43.7 Å². The van der Waals surface area contributed by atoms with Gasteiger partial charge in [-0.25, -0.2) is 0 Å². The zero-order chi connectivity index (χ0) is 11.5. The van der Waals surface area contributed by atoms with Gasteiger partial charge < -0.3 is 15.1 Å². The van der Waals surface area contributed by atoms with Gasteiger partial charge in [0.25, 0.3) is 0 Å². The zero-order valence-corrected chi connectivity index (χ0v) is 10.2. The molecule has 3 heteroatoms. The lowest BCUT2D eigenvalue weighted by molar-refractivity contribution is 0.00607. The Hall–Kier alpha value is -0.120. The van der Waals surface area contributed by atoms with Crippen molar-refractivity contribution in [2.24, 2.45) is 11.3 Å². The maximum atomic E-state index is 9.93. The Morgan fingerprint density at radius 1 is 1.40 bits per heavy atom. The Kier molecular flexibility index (Phi) is 4.56. The van der Waals surface area contributed by atoms with Crippen LogP contribution in [0.1, 0.15) is 33.1 Å². The third kappa shape index (κ3) is 4.09. The smallest absolute Gasteiger partial charge is 0.0581 e. The average molecular weight is 215 g/mol. The van der Waals surface area contributed by atoms with E-state index in [0.717, 1.165) is 25.8 Å². The minimum atomic E-state index is -0.154. The van der Waals surface area contributed by atoms with Crippen LogP contribution in [-0.2, 0) is 0 Å². The van der Waals surface area contributed by atoms with Gasteiger partial charge >= 0.3 is 0 Å². The molecule has 0 aromatic heterocycles. The molecule has 0 spiro atoms. The van der Waals surface area contributed by atoms with Crippen molar-refractivity contribution in [2.45, 2.75) is 39.2 Å². The molecule has 0 aromatic rings. The van der Waals surface area contributed by atoms with Crippen LogP contribution in [0, 0.1) is 11.3 Å². The molecule has 1 fully saturated rings. The molecule has 1 rings (SSSR count). The third-order valence-electron chi connectivity index (χ3n) is 3.50. The van der Waals surface area contributed by atoms with Gasteiger partial charge in [-0.2, -0.15) is 0 Å². The van der Waals surface area contributed by atoms with Gasteiger partial charge in [-0.3, -0.25) is 0 Å². The van der Waals surface area contributed by atoms with E-state index >= 15 is 0 Å². The van der Waals surface area contributed by atoms with E-state index in [4.69, 9.17) is 5.11 Å². The number of likely N-dealkylation sites (N-methyl/N-ethyl adjacent to an activating group) is 1. The van der Waals surface area contributed by atoms with Crippen molar-refractivity contribution in [1.29, 1.82) is 0 Å². The molecule has 0 aromatic carbocycles. The summed E-state index contributed by atoms with van der Waals surface area (Å²) in [6.45, 7) is 6.34. The van der Waals surface area contributed by atoms with Crippen molar-refractivity contribution >= 4 is 0 Å². The maximum Gasteiger partial charge on any atom is 0.0581 e. The number of nitrogens with zero attached hydrogens (tertiary/aromatic N) is 1. The highest BCUT2D eigenvalue weighted by atomic mass is 16.3. The zero-order valence-electron chi connectivity index (χ0n) is 10.2. The molecule has 1 saturated carbocycles. The maximum absolute atomic E-state index is 9.93. The van der Waals surface area contributed by atoms with Gasteiger partial charge in [0.2, 0.25) is 0 Å². The van der Waals surface area contributed by atoms with E-state index in [0.29, 0.717) is 17.9 Å². The van der Waals surface area contributed by atoms with Gasteiger partial charge in [0, 0.05) is 13.1 Å². The Balaban J connectivity index is 2.44. The van der Waals surface area contributed by atoms with E-state index in [1.54, 1.807) is 0 Å². The van der Waals surface area contributed by atoms with Crippen LogP contribution in [0.15, 0.2) is 0 Å². The molecular weight excluding hydrogens is 190 g/mol. The molecule has 2 atom stereocenters. The number of aliphatic hydroxyl groups excluding tert-OH is 2. The van der Waals surface area contributed by atoms with Crippen LogP contribution in [0.5, 0.6) is 0 Å². The van der Waals surface area contributed by atoms with Crippen LogP contribution in [0.3, 0.4) is 0 Å². The highest BCUT2D eigenvalue weighted by molar-refractivity contribution is 4.86. The summed E-state index contributed by atoms with van der Waals surface area (Å²) < 4.78 is 0. The Morgan fingerprint density at radius 2 is 2.07 bits per heavy atom. The second-order valence-electron chi connectivity index (χ2n) is 5.72. The highest BCUT2D eigenvalue weighted by Gasteiger charge is 2.34. The van der Waals surface area contributed by atoms with E-state index in [9.17, 15) is 5.11 Å². The fourth-order valence-corrected chi connectivity index (χ4v) is 2.57. The predicted molar refractivity (Wildman–Crippen MR) is 61.7 cm³/mol. The number of rotatable bonds is 4. The van der Waals surface area contributed by atoms with Gasteiger partial charge in [0.1, 0.15) is 0 Å². The lowest BCUT2D eigenvalue weighted by atomic mass is 9.71. The van der Waals surface area contributed by atoms with E-state index in [1.807, 2.05) is 7.05 Å². The molecule has 2 N–H and O–H groups in total. The van der Waals surface area contributed by atoms with Crippen molar-refractivity contribution < 1.29 is 10.2 Å². The van der Waals surface area contributed by atoms with Crippen molar-refractivity contribution in [3.8, 4) is 0 Å². The summed E-state index contributed by atoms with van der Waals surface area (Å²) in [5.41, 5.74) is 0.365. The van der Waals surface area contributed by atoms with Gasteiger partial charge in [0.05, 0.1) is 12.7 Å². The number of hydrogen-bond donors (Lipinski definition) is 2. The van der Waals surface area contributed by atoms with Gasteiger partial charge in [0.15, 0.2) is 0 Å². The lowest BCUT2D eigenvalue weighted by Gasteiger charge is -2.40. The number of aliphatic hydroxyl groups is 2. The molecule has 2 unspecified atom stereocenters. The molecule has 90 valence electrons. The summed E-state index contributed by atoms with van der Waals surface area (Å²) in [4.78, 5) is 2.11. The van der Waals surface area contributed by atoms with Crippen molar-refractivity contribution in [1.82, 2.24) is 4.90 Å². The summed E-state index contributed by atoms with van der Waals surface area (Å²) in [5, 5.41) is 18.8. The van der Waals surface area contributed by atoms with E-state index in [1.165, 1.54) is 0 Å². The first-order chi connectivity index (χ1) is 6.94. The predicted octanol–water partition coefficient (Wildman–Crippen LogP) is 1.10. The molecule has 0 heterocycles. The number of hydrogen-bond acceptors (Lipinski definition) is 3. The Bertz CT molecular complexity index is 194. The third-order valence-corrected chi connectivity index (χ3v) is 3.50. The summed E-state index contributed by atoms with van der Waals surface area (Å²) in [5.74, 6) is 0.366. The van der Waals surface area contributed by atoms with Crippen LogP contribution in [0.4, 0.5) is 0 Å². The molecule has 0 bridgehead atoms. The fraction of sp³-hybridized carbons (Fsp3) is 1.00. The molecule has 3 nitrogen and oxygen atoms in total. The van der Waals surface area contributed by atoms with Crippen LogP contribution in [0.2, 0.25) is 0 Å². The van der Waals surface area contributed by atoms with Crippen LogP contribution in [0.25, 0.3) is 0 Å². The summed E-state index contributed by atoms with van der Waals surface area (Å²) in [7, 11) is 2.00. The molecule has 0 aliphatic heterocycles. The normalized spacial score (nSPS) is 30.8. The second-order valence-corrected chi connectivity index (χ2v) is 5.72. The van der Waals surface area contributed by atoms with Crippen molar-refractivity contribution in [2.75, 3.05) is 26.7 Å². The fourth-order valence-electron chi connectivity index (χ4n) is 2.57. The van der Waals surface area contributed by atoms with Crippen LogP contribution in [-0.4, -0.2) is 48.0 Å². The van der Waals surface area contributed by atoms with Crippen LogP contribution >= 0.6 is 0 Å².